The summed E-state index contributed by atoms with van der Waals surface area (Å²) < 4.78 is 0. The molecule has 0 amide bonds. The van der Waals surface area contributed by atoms with Crippen LogP contribution in [-0.4, -0.2) is 6.04 Å². The average molecular weight is 141 g/mol. The molecule has 0 aromatic rings. The van der Waals surface area contributed by atoms with Crippen LogP contribution >= 0.6 is 0 Å². The van der Waals surface area contributed by atoms with E-state index in [1.165, 1.54) is 38.5 Å². The van der Waals surface area contributed by atoms with Crippen molar-refractivity contribution >= 4 is 0 Å². The van der Waals surface area contributed by atoms with Gasteiger partial charge in [0.1, 0.15) is 0 Å². The summed E-state index contributed by atoms with van der Waals surface area (Å²) in [5, 5.41) is 0. The monoisotopic (exact) mass is 141 g/mol. The Balaban J connectivity index is 2.25. The van der Waals surface area contributed by atoms with E-state index in [0.717, 1.165) is 5.92 Å². The highest BCUT2D eigenvalue weighted by atomic mass is 14.7. The maximum atomic E-state index is 5.97. The van der Waals surface area contributed by atoms with Crippen molar-refractivity contribution in [3.63, 3.8) is 0 Å². The molecule has 0 aromatic heterocycles. The van der Waals surface area contributed by atoms with Crippen molar-refractivity contribution in [2.45, 2.75) is 51.5 Å². The van der Waals surface area contributed by atoms with E-state index in [4.69, 9.17) is 5.73 Å². The Morgan fingerprint density at radius 3 is 2.60 bits per heavy atom. The van der Waals surface area contributed by atoms with Gasteiger partial charge in [0.15, 0.2) is 0 Å². The number of rotatable bonds is 2. The zero-order chi connectivity index (χ0) is 7.40. The highest BCUT2D eigenvalue weighted by molar-refractivity contribution is 4.77. The molecular formula is C9H19N. The average Bonchev–Trinajstić information content (AvgIpc) is 1.94. The van der Waals surface area contributed by atoms with Crippen LogP contribution in [-0.2, 0) is 0 Å². The molecule has 1 aliphatic rings. The predicted molar refractivity (Wildman–Crippen MR) is 44.8 cm³/mol. The molecule has 1 heteroatoms. The lowest BCUT2D eigenvalue weighted by Crippen LogP contribution is -2.32. The van der Waals surface area contributed by atoms with Gasteiger partial charge in [-0.05, 0) is 25.2 Å². The first kappa shape index (κ1) is 8.06. The molecule has 0 heterocycles. The van der Waals surface area contributed by atoms with Crippen molar-refractivity contribution in [1.29, 1.82) is 0 Å². The summed E-state index contributed by atoms with van der Waals surface area (Å²) in [7, 11) is 0. The molecule has 10 heavy (non-hydrogen) atoms. The molecule has 1 unspecified atom stereocenters. The van der Waals surface area contributed by atoms with Crippen molar-refractivity contribution in [2.75, 3.05) is 0 Å². The fraction of sp³-hybridized carbons (Fsp3) is 1.00. The van der Waals surface area contributed by atoms with E-state index < -0.39 is 0 Å². The molecule has 0 bridgehead atoms. The van der Waals surface area contributed by atoms with Crippen molar-refractivity contribution in [3.05, 3.63) is 0 Å². The standard InChI is InChI=1S/C9H19N/c1-2-5-8-6-3-4-7-9(8)10/h8-9H,2-7,10H2,1H3/t8?,9-/m1/s1. The van der Waals surface area contributed by atoms with Gasteiger partial charge in [-0.1, -0.05) is 26.2 Å². The van der Waals surface area contributed by atoms with Crippen LogP contribution in [0.3, 0.4) is 0 Å². The van der Waals surface area contributed by atoms with Crippen LogP contribution in [0, 0.1) is 5.92 Å². The molecular weight excluding hydrogens is 122 g/mol. The molecule has 60 valence electrons. The maximum absolute atomic E-state index is 5.97. The van der Waals surface area contributed by atoms with Gasteiger partial charge in [0.25, 0.3) is 0 Å². The molecule has 1 fully saturated rings. The molecule has 0 aliphatic heterocycles. The normalized spacial score (nSPS) is 34.2. The van der Waals surface area contributed by atoms with E-state index in [0.29, 0.717) is 6.04 Å². The third kappa shape index (κ3) is 1.98. The fourth-order valence-electron chi connectivity index (χ4n) is 1.97. The molecule has 1 nitrogen and oxygen atoms in total. The predicted octanol–water partition coefficient (Wildman–Crippen LogP) is 2.30. The molecule has 1 rings (SSSR count). The van der Waals surface area contributed by atoms with Crippen LogP contribution in [0.25, 0.3) is 0 Å². The van der Waals surface area contributed by atoms with E-state index in [2.05, 4.69) is 6.92 Å². The Bertz CT molecular complexity index is 88.7. The largest absolute Gasteiger partial charge is 0.327 e. The SMILES string of the molecule is CCCC1CCCC[C@H]1N. The van der Waals surface area contributed by atoms with Crippen LogP contribution < -0.4 is 5.73 Å². The summed E-state index contributed by atoms with van der Waals surface area (Å²) in [6.45, 7) is 2.25. The number of nitrogens with two attached hydrogens (primary N) is 1. The quantitative estimate of drug-likeness (QED) is 0.627. The second-order valence-electron chi connectivity index (χ2n) is 3.50. The molecule has 2 atom stereocenters. The summed E-state index contributed by atoms with van der Waals surface area (Å²) in [5.74, 6) is 0.846. The summed E-state index contributed by atoms with van der Waals surface area (Å²) in [5.41, 5.74) is 5.97. The second-order valence-corrected chi connectivity index (χ2v) is 3.50. The first-order chi connectivity index (χ1) is 4.84. The Morgan fingerprint density at radius 2 is 2.00 bits per heavy atom. The summed E-state index contributed by atoms with van der Waals surface area (Å²) in [4.78, 5) is 0. The van der Waals surface area contributed by atoms with E-state index in [1.807, 2.05) is 0 Å². The van der Waals surface area contributed by atoms with Crippen LogP contribution in [0.2, 0.25) is 0 Å². The zero-order valence-electron chi connectivity index (χ0n) is 6.97. The minimum absolute atomic E-state index is 0.522. The number of hydrogen-bond donors (Lipinski definition) is 1. The fourth-order valence-corrected chi connectivity index (χ4v) is 1.97. The third-order valence-electron chi connectivity index (χ3n) is 2.63. The van der Waals surface area contributed by atoms with E-state index >= 15 is 0 Å². The topological polar surface area (TPSA) is 26.0 Å². The zero-order valence-corrected chi connectivity index (χ0v) is 6.97. The minimum Gasteiger partial charge on any atom is -0.327 e. The maximum Gasteiger partial charge on any atom is 0.00671 e. The Labute approximate surface area is 64.0 Å². The lowest BCUT2D eigenvalue weighted by molar-refractivity contribution is 0.290. The van der Waals surface area contributed by atoms with Gasteiger partial charge in [-0.3, -0.25) is 0 Å². The molecule has 0 radical (unpaired) electrons. The van der Waals surface area contributed by atoms with Crippen LogP contribution in [0.4, 0.5) is 0 Å². The molecule has 0 spiro atoms. The van der Waals surface area contributed by atoms with E-state index in [1.54, 1.807) is 0 Å². The van der Waals surface area contributed by atoms with Crippen molar-refractivity contribution in [1.82, 2.24) is 0 Å². The molecule has 2 N–H and O–H groups in total. The van der Waals surface area contributed by atoms with Crippen LogP contribution in [0.1, 0.15) is 45.4 Å². The van der Waals surface area contributed by atoms with Crippen LogP contribution in [0.5, 0.6) is 0 Å². The molecule has 1 saturated carbocycles. The molecule has 0 saturated heterocycles. The Hall–Kier alpha value is -0.0400. The summed E-state index contributed by atoms with van der Waals surface area (Å²) in [6, 6.07) is 0.522. The lowest BCUT2D eigenvalue weighted by Gasteiger charge is -2.27. The van der Waals surface area contributed by atoms with Gasteiger partial charge >= 0.3 is 0 Å². The molecule has 1 aliphatic carbocycles. The first-order valence-corrected chi connectivity index (χ1v) is 4.60. The van der Waals surface area contributed by atoms with Gasteiger partial charge in [0.2, 0.25) is 0 Å². The Morgan fingerprint density at radius 1 is 1.30 bits per heavy atom. The highest BCUT2D eigenvalue weighted by Gasteiger charge is 2.19. The van der Waals surface area contributed by atoms with Crippen molar-refractivity contribution < 1.29 is 0 Å². The van der Waals surface area contributed by atoms with Gasteiger partial charge in [0.05, 0.1) is 0 Å². The third-order valence-corrected chi connectivity index (χ3v) is 2.63. The lowest BCUT2D eigenvalue weighted by atomic mass is 9.82. The summed E-state index contributed by atoms with van der Waals surface area (Å²) >= 11 is 0. The van der Waals surface area contributed by atoms with Crippen molar-refractivity contribution in [2.24, 2.45) is 11.7 Å². The van der Waals surface area contributed by atoms with Crippen LogP contribution in [0.15, 0.2) is 0 Å². The smallest absolute Gasteiger partial charge is 0.00671 e. The Kier molecular flexibility index (Phi) is 3.20. The van der Waals surface area contributed by atoms with Gasteiger partial charge in [-0.2, -0.15) is 0 Å². The summed E-state index contributed by atoms with van der Waals surface area (Å²) in [6.07, 6.45) is 8.08. The molecule has 0 aromatic carbocycles. The minimum atomic E-state index is 0.522. The highest BCUT2D eigenvalue weighted by Crippen LogP contribution is 2.26. The van der Waals surface area contributed by atoms with E-state index in [9.17, 15) is 0 Å². The van der Waals surface area contributed by atoms with Gasteiger partial charge in [0, 0.05) is 6.04 Å². The first-order valence-electron chi connectivity index (χ1n) is 4.60. The van der Waals surface area contributed by atoms with Crippen molar-refractivity contribution in [3.8, 4) is 0 Å². The van der Waals surface area contributed by atoms with E-state index in [-0.39, 0.29) is 0 Å². The number of hydrogen-bond acceptors (Lipinski definition) is 1. The van der Waals surface area contributed by atoms with Gasteiger partial charge in [-0.25, -0.2) is 0 Å². The van der Waals surface area contributed by atoms with Gasteiger partial charge < -0.3 is 5.73 Å². The van der Waals surface area contributed by atoms with Gasteiger partial charge in [-0.15, -0.1) is 0 Å². The second kappa shape index (κ2) is 3.97.